The van der Waals surface area contributed by atoms with Crippen molar-refractivity contribution in [1.82, 2.24) is 0 Å². The quantitative estimate of drug-likeness (QED) is 0.835. The molecule has 16 heavy (non-hydrogen) atoms. The molecule has 0 amide bonds. The molecule has 0 radical (unpaired) electrons. The summed E-state index contributed by atoms with van der Waals surface area (Å²) in [6.07, 6.45) is 0.953. The van der Waals surface area contributed by atoms with Gasteiger partial charge in [-0.2, -0.15) is 0 Å². The third kappa shape index (κ3) is 2.54. The van der Waals surface area contributed by atoms with E-state index in [-0.39, 0.29) is 0 Å². The Morgan fingerprint density at radius 3 is 2.75 bits per heavy atom. The van der Waals surface area contributed by atoms with Gasteiger partial charge >= 0.3 is 0 Å². The van der Waals surface area contributed by atoms with Crippen LogP contribution in [0.3, 0.4) is 0 Å². The number of rotatable bonds is 3. The van der Waals surface area contributed by atoms with Gasteiger partial charge in [-0.3, -0.25) is 0 Å². The average molecular weight is 220 g/mol. The summed E-state index contributed by atoms with van der Waals surface area (Å²) in [5.41, 5.74) is 9.67. The van der Waals surface area contributed by atoms with Crippen LogP contribution in [0.15, 0.2) is 18.2 Å². The molecule has 0 atom stereocenters. The second kappa shape index (κ2) is 5.32. The normalized spacial score (nSPS) is 16.5. The van der Waals surface area contributed by atoms with E-state index in [0.29, 0.717) is 6.54 Å². The maximum atomic E-state index is 5.67. The lowest BCUT2D eigenvalue weighted by Gasteiger charge is -2.30. The summed E-state index contributed by atoms with van der Waals surface area (Å²) < 4.78 is 5.38. The zero-order valence-corrected chi connectivity index (χ0v) is 9.91. The molecule has 88 valence electrons. The number of nitrogens with zero attached hydrogens (tertiary/aromatic N) is 1. The van der Waals surface area contributed by atoms with E-state index in [1.165, 1.54) is 16.8 Å². The summed E-state index contributed by atoms with van der Waals surface area (Å²) in [4.78, 5) is 2.40. The van der Waals surface area contributed by atoms with Crippen LogP contribution in [0, 0.1) is 6.92 Å². The first kappa shape index (κ1) is 11.4. The molecule has 2 rings (SSSR count). The highest BCUT2D eigenvalue weighted by molar-refractivity contribution is 5.55. The Labute approximate surface area is 97.2 Å². The van der Waals surface area contributed by atoms with Crippen LogP contribution in [-0.2, 0) is 11.2 Å². The van der Waals surface area contributed by atoms with E-state index in [2.05, 4.69) is 30.0 Å². The van der Waals surface area contributed by atoms with Crippen LogP contribution in [0.1, 0.15) is 11.1 Å². The molecule has 1 aromatic carbocycles. The second-order valence-electron chi connectivity index (χ2n) is 4.27. The van der Waals surface area contributed by atoms with Gasteiger partial charge in [-0.25, -0.2) is 0 Å². The number of anilines is 1. The Bertz CT molecular complexity index is 346. The first-order valence-corrected chi connectivity index (χ1v) is 5.93. The van der Waals surface area contributed by atoms with Crippen LogP contribution >= 0.6 is 0 Å². The molecule has 1 fully saturated rings. The maximum absolute atomic E-state index is 5.67. The summed E-state index contributed by atoms with van der Waals surface area (Å²) in [6.45, 7) is 6.47. The summed E-state index contributed by atoms with van der Waals surface area (Å²) >= 11 is 0. The Kier molecular flexibility index (Phi) is 3.80. The summed E-state index contributed by atoms with van der Waals surface area (Å²) in [5, 5.41) is 0. The SMILES string of the molecule is Cc1ccc(N2CCOCC2)c(CCN)c1. The number of ether oxygens (including phenoxy) is 1. The largest absolute Gasteiger partial charge is 0.378 e. The van der Waals surface area contributed by atoms with Crippen molar-refractivity contribution in [3.8, 4) is 0 Å². The van der Waals surface area contributed by atoms with Crippen molar-refractivity contribution in [2.75, 3.05) is 37.7 Å². The zero-order chi connectivity index (χ0) is 11.4. The molecule has 0 unspecified atom stereocenters. The predicted octanol–water partition coefficient (Wildman–Crippen LogP) is 1.33. The van der Waals surface area contributed by atoms with E-state index in [1.807, 2.05) is 0 Å². The van der Waals surface area contributed by atoms with E-state index >= 15 is 0 Å². The van der Waals surface area contributed by atoms with Crippen LogP contribution in [-0.4, -0.2) is 32.8 Å². The second-order valence-corrected chi connectivity index (χ2v) is 4.27. The highest BCUT2D eigenvalue weighted by atomic mass is 16.5. The minimum Gasteiger partial charge on any atom is -0.378 e. The Morgan fingerprint density at radius 2 is 2.06 bits per heavy atom. The van der Waals surface area contributed by atoms with Crippen molar-refractivity contribution in [3.05, 3.63) is 29.3 Å². The van der Waals surface area contributed by atoms with E-state index in [4.69, 9.17) is 10.5 Å². The molecule has 0 aliphatic carbocycles. The molecule has 3 heteroatoms. The van der Waals surface area contributed by atoms with E-state index in [9.17, 15) is 0 Å². The first-order chi connectivity index (χ1) is 7.81. The lowest BCUT2D eigenvalue weighted by atomic mass is 10.1. The smallest absolute Gasteiger partial charge is 0.0642 e. The molecule has 0 bridgehead atoms. The average Bonchev–Trinajstić information content (AvgIpc) is 2.31. The molecule has 0 saturated carbocycles. The van der Waals surface area contributed by atoms with Crippen molar-refractivity contribution in [3.63, 3.8) is 0 Å². The summed E-state index contributed by atoms with van der Waals surface area (Å²) in [6, 6.07) is 6.63. The lowest BCUT2D eigenvalue weighted by molar-refractivity contribution is 0.122. The monoisotopic (exact) mass is 220 g/mol. The van der Waals surface area contributed by atoms with Crippen molar-refractivity contribution < 1.29 is 4.74 Å². The van der Waals surface area contributed by atoms with Gasteiger partial charge in [-0.15, -0.1) is 0 Å². The summed E-state index contributed by atoms with van der Waals surface area (Å²) in [5.74, 6) is 0. The number of benzene rings is 1. The molecule has 0 aromatic heterocycles. The highest BCUT2D eigenvalue weighted by Gasteiger charge is 2.14. The minimum absolute atomic E-state index is 0.709. The molecule has 1 aliphatic heterocycles. The van der Waals surface area contributed by atoms with Crippen molar-refractivity contribution in [1.29, 1.82) is 0 Å². The first-order valence-electron chi connectivity index (χ1n) is 5.93. The third-order valence-electron chi connectivity index (χ3n) is 3.00. The van der Waals surface area contributed by atoms with E-state index in [0.717, 1.165) is 32.7 Å². The Balaban J connectivity index is 2.23. The summed E-state index contributed by atoms with van der Waals surface area (Å²) in [7, 11) is 0. The fourth-order valence-electron chi connectivity index (χ4n) is 2.18. The molecular weight excluding hydrogens is 200 g/mol. The molecule has 3 nitrogen and oxygen atoms in total. The number of hydrogen-bond donors (Lipinski definition) is 1. The molecule has 0 spiro atoms. The maximum Gasteiger partial charge on any atom is 0.0642 e. The number of aryl methyl sites for hydroxylation is 1. The van der Waals surface area contributed by atoms with Crippen LogP contribution in [0.4, 0.5) is 5.69 Å². The van der Waals surface area contributed by atoms with E-state index < -0.39 is 0 Å². The fraction of sp³-hybridized carbons (Fsp3) is 0.538. The van der Waals surface area contributed by atoms with Crippen molar-refractivity contribution >= 4 is 5.69 Å². The topological polar surface area (TPSA) is 38.5 Å². The van der Waals surface area contributed by atoms with Gasteiger partial charge in [0.15, 0.2) is 0 Å². The fourth-order valence-corrected chi connectivity index (χ4v) is 2.18. The molecule has 2 N–H and O–H groups in total. The number of hydrogen-bond acceptors (Lipinski definition) is 3. The Hall–Kier alpha value is -1.06. The van der Waals surface area contributed by atoms with Gasteiger partial charge in [0.25, 0.3) is 0 Å². The number of morpholine rings is 1. The van der Waals surface area contributed by atoms with Gasteiger partial charge in [0, 0.05) is 18.8 Å². The molecule has 1 saturated heterocycles. The van der Waals surface area contributed by atoms with Gasteiger partial charge in [-0.1, -0.05) is 17.7 Å². The van der Waals surface area contributed by atoms with Crippen molar-refractivity contribution in [2.45, 2.75) is 13.3 Å². The lowest BCUT2D eigenvalue weighted by Crippen LogP contribution is -2.36. The van der Waals surface area contributed by atoms with E-state index in [1.54, 1.807) is 0 Å². The zero-order valence-electron chi connectivity index (χ0n) is 9.91. The van der Waals surface area contributed by atoms with Crippen LogP contribution in [0.5, 0.6) is 0 Å². The molecule has 1 aromatic rings. The minimum atomic E-state index is 0.709. The third-order valence-corrected chi connectivity index (χ3v) is 3.00. The van der Waals surface area contributed by atoms with Gasteiger partial charge in [0.05, 0.1) is 13.2 Å². The van der Waals surface area contributed by atoms with Gasteiger partial charge in [0.1, 0.15) is 0 Å². The molecular formula is C13H20N2O. The highest BCUT2D eigenvalue weighted by Crippen LogP contribution is 2.23. The molecule has 1 aliphatic rings. The standard InChI is InChI=1S/C13H20N2O/c1-11-2-3-13(12(10-11)4-5-14)15-6-8-16-9-7-15/h2-3,10H,4-9,14H2,1H3. The predicted molar refractivity (Wildman–Crippen MR) is 67.0 cm³/mol. The molecule has 1 heterocycles. The van der Waals surface area contributed by atoms with Gasteiger partial charge in [-0.05, 0) is 31.5 Å². The van der Waals surface area contributed by atoms with Gasteiger partial charge < -0.3 is 15.4 Å². The van der Waals surface area contributed by atoms with Crippen LogP contribution < -0.4 is 10.6 Å². The Morgan fingerprint density at radius 1 is 1.31 bits per heavy atom. The number of nitrogens with two attached hydrogens (primary N) is 1. The van der Waals surface area contributed by atoms with Gasteiger partial charge in [0.2, 0.25) is 0 Å². The van der Waals surface area contributed by atoms with Crippen molar-refractivity contribution in [2.24, 2.45) is 5.73 Å². The van der Waals surface area contributed by atoms with Crippen LogP contribution in [0.2, 0.25) is 0 Å². The van der Waals surface area contributed by atoms with Crippen LogP contribution in [0.25, 0.3) is 0 Å².